The van der Waals surface area contributed by atoms with Gasteiger partial charge in [0.2, 0.25) is 0 Å². The molecule has 0 saturated carbocycles. The van der Waals surface area contributed by atoms with Crippen LogP contribution in [0.1, 0.15) is 24.0 Å². The van der Waals surface area contributed by atoms with Crippen molar-refractivity contribution in [2.75, 3.05) is 0 Å². The van der Waals surface area contributed by atoms with E-state index in [1.54, 1.807) is 12.3 Å². The SMILES string of the molecule is CCn1nccc1C=Cc1nc2scc(C)c2c(=O)[nH]1. The number of aromatic amines is 1. The molecule has 102 valence electrons. The second-order valence-electron chi connectivity index (χ2n) is 4.46. The first-order valence-electron chi connectivity index (χ1n) is 6.37. The second-order valence-corrected chi connectivity index (χ2v) is 5.31. The zero-order valence-electron chi connectivity index (χ0n) is 11.3. The van der Waals surface area contributed by atoms with E-state index in [0.29, 0.717) is 11.2 Å². The summed E-state index contributed by atoms with van der Waals surface area (Å²) in [5, 5.41) is 6.83. The molecule has 0 atom stereocenters. The molecule has 0 unspecified atom stereocenters. The van der Waals surface area contributed by atoms with Gasteiger partial charge < -0.3 is 4.98 Å². The Hall–Kier alpha value is -2.21. The summed E-state index contributed by atoms with van der Waals surface area (Å²) in [7, 11) is 0. The van der Waals surface area contributed by atoms with Gasteiger partial charge in [-0.05, 0) is 43.0 Å². The van der Waals surface area contributed by atoms with Crippen LogP contribution in [0.5, 0.6) is 0 Å². The van der Waals surface area contributed by atoms with E-state index in [2.05, 4.69) is 15.1 Å². The van der Waals surface area contributed by atoms with Crippen LogP contribution in [0.4, 0.5) is 0 Å². The fraction of sp³-hybridized carbons (Fsp3) is 0.214. The van der Waals surface area contributed by atoms with Gasteiger partial charge in [0, 0.05) is 12.7 Å². The minimum atomic E-state index is -0.0857. The van der Waals surface area contributed by atoms with Crippen LogP contribution in [0.2, 0.25) is 0 Å². The molecular weight excluding hydrogens is 272 g/mol. The number of hydrogen-bond acceptors (Lipinski definition) is 4. The number of nitrogens with zero attached hydrogens (tertiary/aromatic N) is 3. The Kier molecular flexibility index (Phi) is 3.23. The van der Waals surface area contributed by atoms with Crippen LogP contribution in [0.25, 0.3) is 22.4 Å². The first kappa shape index (κ1) is 12.8. The van der Waals surface area contributed by atoms with Crippen LogP contribution < -0.4 is 5.56 Å². The third-order valence-electron chi connectivity index (χ3n) is 3.11. The standard InChI is InChI=1S/C14H14N4OS/c1-3-18-10(6-7-15-18)4-5-11-16-13(19)12-9(2)8-20-14(12)17-11/h4-8H,3H2,1-2H3,(H,16,17,19). The molecule has 0 aromatic carbocycles. The summed E-state index contributed by atoms with van der Waals surface area (Å²) in [6, 6.07) is 1.92. The van der Waals surface area contributed by atoms with Gasteiger partial charge >= 0.3 is 0 Å². The molecule has 0 fully saturated rings. The predicted molar refractivity (Wildman–Crippen MR) is 81.8 cm³/mol. The lowest BCUT2D eigenvalue weighted by Crippen LogP contribution is -2.09. The number of thiophene rings is 1. The lowest BCUT2D eigenvalue weighted by atomic mass is 10.3. The molecule has 1 N–H and O–H groups in total. The van der Waals surface area contributed by atoms with Gasteiger partial charge in [-0.1, -0.05) is 0 Å². The van der Waals surface area contributed by atoms with Crippen molar-refractivity contribution in [2.24, 2.45) is 0 Å². The zero-order valence-corrected chi connectivity index (χ0v) is 12.1. The van der Waals surface area contributed by atoms with Gasteiger partial charge in [0.1, 0.15) is 10.7 Å². The summed E-state index contributed by atoms with van der Waals surface area (Å²) in [6.45, 7) is 4.76. The van der Waals surface area contributed by atoms with Crippen LogP contribution in [0, 0.1) is 6.92 Å². The van der Waals surface area contributed by atoms with E-state index < -0.39 is 0 Å². The monoisotopic (exact) mass is 286 g/mol. The molecule has 0 amide bonds. The van der Waals surface area contributed by atoms with Crippen molar-refractivity contribution < 1.29 is 0 Å². The topological polar surface area (TPSA) is 63.6 Å². The number of nitrogens with one attached hydrogen (secondary N) is 1. The summed E-state index contributed by atoms with van der Waals surface area (Å²) in [5.41, 5.74) is 1.87. The zero-order chi connectivity index (χ0) is 14.1. The average molecular weight is 286 g/mol. The minimum absolute atomic E-state index is 0.0857. The molecule has 0 spiro atoms. The number of aryl methyl sites for hydroxylation is 2. The van der Waals surface area contributed by atoms with Gasteiger partial charge in [0.05, 0.1) is 11.1 Å². The fourth-order valence-electron chi connectivity index (χ4n) is 2.10. The predicted octanol–water partition coefficient (Wildman–Crippen LogP) is 2.68. The molecule has 5 nitrogen and oxygen atoms in total. The maximum absolute atomic E-state index is 12.0. The van der Waals surface area contributed by atoms with Crippen molar-refractivity contribution >= 4 is 33.7 Å². The Labute approximate surface area is 119 Å². The van der Waals surface area contributed by atoms with Gasteiger partial charge in [0.25, 0.3) is 5.56 Å². The minimum Gasteiger partial charge on any atom is -0.306 e. The highest BCUT2D eigenvalue weighted by molar-refractivity contribution is 7.16. The molecule has 6 heteroatoms. The highest BCUT2D eigenvalue weighted by atomic mass is 32.1. The molecule has 0 radical (unpaired) electrons. The van der Waals surface area contributed by atoms with Crippen molar-refractivity contribution in [3.8, 4) is 0 Å². The largest absolute Gasteiger partial charge is 0.306 e. The third kappa shape index (κ3) is 2.18. The van der Waals surface area contributed by atoms with Crippen molar-refractivity contribution in [3.05, 3.63) is 45.1 Å². The summed E-state index contributed by atoms with van der Waals surface area (Å²) in [6.07, 6.45) is 5.46. The molecule has 0 saturated heterocycles. The summed E-state index contributed by atoms with van der Waals surface area (Å²) in [5.74, 6) is 0.563. The molecule has 0 aliphatic carbocycles. The van der Waals surface area contributed by atoms with E-state index in [0.717, 1.165) is 22.6 Å². The number of H-pyrrole nitrogens is 1. The lowest BCUT2D eigenvalue weighted by Gasteiger charge is -1.99. The van der Waals surface area contributed by atoms with Crippen molar-refractivity contribution in [3.63, 3.8) is 0 Å². The van der Waals surface area contributed by atoms with Gasteiger partial charge in [-0.2, -0.15) is 5.10 Å². The first-order chi connectivity index (χ1) is 9.69. The van der Waals surface area contributed by atoms with E-state index in [1.807, 2.05) is 36.1 Å². The van der Waals surface area contributed by atoms with Gasteiger partial charge in [0.15, 0.2) is 0 Å². The number of hydrogen-bond donors (Lipinski definition) is 1. The molecule has 3 aromatic rings. The molecule has 3 rings (SSSR count). The first-order valence-corrected chi connectivity index (χ1v) is 7.25. The average Bonchev–Trinajstić information content (AvgIpc) is 3.03. The smallest absolute Gasteiger partial charge is 0.260 e. The normalized spacial score (nSPS) is 11.7. The highest BCUT2D eigenvalue weighted by Gasteiger charge is 2.07. The van der Waals surface area contributed by atoms with Crippen LogP contribution >= 0.6 is 11.3 Å². The Morgan fingerprint density at radius 1 is 1.45 bits per heavy atom. The fourth-order valence-corrected chi connectivity index (χ4v) is 3.03. The Morgan fingerprint density at radius 2 is 2.30 bits per heavy atom. The summed E-state index contributed by atoms with van der Waals surface area (Å²) >= 11 is 1.49. The number of rotatable bonds is 3. The molecule has 20 heavy (non-hydrogen) atoms. The maximum Gasteiger partial charge on any atom is 0.260 e. The Morgan fingerprint density at radius 3 is 3.10 bits per heavy atom. The van der Waals surface area contributed by atoms with E-state index in [1.165, 1.54) is 11.3 Å². The molecule has 0 aliphatic heterocycles. The van der Waals surface area contributed by atoms with Crippen molar-refractivity contribution in [1.82, 2.24) is 19.7 Å². The van der Waals surface area contributed by atoms with E-state index in [9.17, 15) is 4.79 Å². The number of fused-ring (bicyclic) bond motifs is 1. The third-order valence-corrected chi connectivity index (χ3v) is 4.10. The van der Waals surface area contributed by atoms with E-state index in [-0.39, 0.29) is 5.56 Å². The van der Waals surface area contributed by atoms with Crippen molar-refractivity contribution in [2.45, 2.75) is 20.4 Å². The van der Waals surface area contributed by atoms with Crippen LogP contribution in [-0.2, 0) is 6.54 Å². The Balaban J connectivity index is 2.01. The van der Waals surface area contributed by atoms with Crippen LogP contribution in [-0.4, -0.2) is 19.7 Å². The summed E-state index contributed by atoms with van der Waals surface area (Å²) in [4.78, 5) is 20.1. The second kappa shape index (κ2) is 5.05. The van der Waals surface area contributed by atoms with E-state index in [4.69, 9.17) is 0 Å². The highest BCUT2D eigenvalue weighted by Crippen LogP contribution is 2.20. The Bertz CT molecular complexity index is 840. The van der Waals surface area contributed by atoms with Crippen LogP contribution in [0.3, 0.4) is 0 Å². The van der Waals surface area contributed by atoms with Crippen molar-refractivity contribution in [1.29, 1.82) is 0 Å². The van der Waals surface area contributed by atoms with Gasteiger partial charge in [-0.15, -0.1) is 11.3 Å². The quantitative estimate of drug-likeness (QED) is 0.805. The molecule has 3 heterocycles. The number of aromatic nitrogens is 4. The maximum atomic E-state index is 12.0. The summed E-state index contributed by atoms with van der Waals surface area (Å²) < 4.78 is 1.88. The molecule has 3 aromatic heterocycles. The van der Waals surface area contributed by atoms with Crippen LogP contribution in [0.15, 0.2) is 22.4 Å². The van der Waals surface area contributed by atoms with Gasteiger partial charge in [-0.3, -0.25) is 9.48 Å². The molecule has 0 aliphatic rings. The molecular formula is C14H14N4OS. The lowest BCUT2D eigenvalue weighted by molar-refractivity contribution is 0.654. The van der Waals surface area contributed by atoms with Gasteiger partial charge in [-0.25, -0.2) is 4.98 Å². The molecule has 0 bridgehead atoms. The van der Waals surface area contributed by atoms with E-state index >= 15 is 0 Å².